The summed E-state index contributed by atoms with van der Waals surface area (Å²) in [5.74, 6) is 1.12. The Morgan fingerprint density at radius 2 is 1.57 bits per heavy atom. The first kappa shape index (κ1) is 20.0. The first-order valence-electron chi connectivity index (χ1n) is 9.97. The van der Waals surface area contributed by atoms with Crippen molar-refractivity contribution in [2.24, 2.45) is 0 Å². The zero-order valence-corrected chi connectivity index (χ0v) is 17.4. The SMILES string of the molecule is COc1ccc([C@@H]2CC(=O)NC3=C2C(=O)C[C@H](c2ccccc2)C3)c(OC)c1OC. The van der Waals surface area contributed by atoms with Gasteiger partial charge in [-0.1, -0.05) is 36.4 Å². The first-order valence-corrected chi connectivity index (χ1v) is 9.97. The van der Waals surface area contributed by atoms with Gasteiger partial charge in [0.2, 0.25) is 11.7 Å². The summed E-state index contributed by atoms with van der Waals surface area (Å²) in [7, 11) is 4.64. The summed E-state index contributed by atoms with van der Waals surface area (Å²) in [6.07, 6.45) is 1.24. The van der Waals surface area contributed by atoms with E-state index in [1.54, 1.807) is 27.4 Å². The summed E-state index contributed by atoms with van der Waals surface area (Å²) in [6.45, 7) is 0. The summed E-state index contributed by atoms with van der Waals surface area (Å²) >= 11 is 0. The molecule has 0 bridgehead atoms. The van der Waals surface area contributed by atoms with E-state index in [1.807, 2.05) is 36.4 Å². The molecule has 0 unspecified atom stereocenters. The largest absolute Gasteiger partial charge is 0.493 e. The van der Waals surface area contributed by atoms with Gasteiger partial charge in [0.15, 0.2) is 17.3 Å². The summed E-state index contributed by atoms with van der Waals surface area (Å²) in [6, 6.07) is 13.6. The molecule has 156 valence electrons. The minimum absolute atomic E-state index is 0.0591. The number of ketones is 1. The van der Waals surface area contributed by atoms with Crippen LogP contribution in [0.4, 0.5) is 0 Å². The number of carbonyl (C=O) groups excluding carboxylic acids is 2. The van der Waals surface area contributed by atoms with Crippen molar-refractivity contribution in [3.05, 3.63) is 64.9 Å². The molecule has 0 spiro atoms. The second kappa shape index (κ2) is 8.22. The van der Waals surface area contributed by atoms with Crippen molar-refractivity contribution in [3.63, 3.8) is 0 Å². The van der Waals surface area contributed by atoms with E-state index in [-0.39, 0.29) is 29.9 Å². The molecule has 1 heterocycles. The number of methoxy groups -OCH3 is 3. The van der Waals surface area contributed by atoms with E-state index < -0.39 is 0 Å². The molecule has 1 amide bonds. The van der Waals surface area contributed by atoms with E-state index in [2.05, 4.69) is 5.32 Å². The summed E-state index contributed by atoms with van der Waals surface area (Å²) in [4.78, 5) is 25.8. The lowest BCUT2D eigenvalue weighted by Gasteiger charge is -2.35. The predicted octanol–water partition coefficient (Wildman–Crippen LogP) is 3.72. The molecule has 1 N–H and O–H groups in total. The highest BCUT2D eigenvalue weighted by atomic mass is 16.5. The molecule has 0 aromatic heterocycles. The first-order chi connectivity index (χ1) is 14.6. The number of rotatable bonds is 5. The lowest BCUT2D eigenvalue weighted by atomic mass is 9.73. The zero-order chi connectivity index (χ0) is 21.3. The number of nitrogens with one attached hydrogen (secondary N) is 1. The fourth-order valence-corrected chi connectivity index (χ4v) is 4.59. The van der Waals surface area contributed by atoms with Crippen LogP contribution in [0, 0.1) is 0 Å². The molecule has 1 aliphatic heterocycles. The topological polar surface area (TPSA) is 73.9 Å². The Kier molecular flexibility index (Phi) is 5.48. The Hall–Kier alpha value is -3.28. The van der Waals surface area contributed by atoms with E-state index in [0.717, 1.165) is 16.8 Å². The standard InChI is InChI=1S/C24H25NO5/c1-28-20-10-9-16(23(29-2)24(20)30-3)17-13-21(27)25-18-11-15(12-19(26)22(17)18)14-7-5-4-6-8-14/h4-10,15,17H,11-13H2,1-3H3,(H,25,27)/t15-,17+/m1/s1. The third-order valence-electron chi connectivity index (χ3n) is 5.92. The maximum atomic E-state index is 13.3. The van der Waals surface area contributed by atoms with Crippen molar-refractivity contribution < 1.29 is 23.8 Å². The van der Waals surface area contributed by atoms with Crippen LogP contribution in [0.1, 0.15) is 42.2 Å². The number of allylic oxidation sites excluding steroid dienone is 2. The number of hydrogen-bond acceptors (Lipinski definition) is 5. The third-order valence-corrected chi connectivity index (χ3v) is 5.92. The van der Waals surface area contributed by atoms with Gasteiger partial charge in [0.05, 0.1) is 21.3 Å². The number of ether oxygens (including phenoxy) is 3. The van der Waals surface area contributed by atoms with E-state index in [4.69, 9.17) is 14.2 Å². The molecule has 6 nitrogen and oxygen atoms in total. The Labute approximate surface area is 175 Å². The molecular formula is C24H25NO5. The van der Waals surface area contributed by atoms with Gasteiger partial charge in [0.1, 0.15) is 0 Å². The van der Waals surface area contributed by atoms with Crippen molar-refractivity contribution >= 4 is 11.7 Å². The Morgan fingerprint density at radius 3 is 2.23 bits per heavy atom. The van der Waals surface area contributed by atoms with Crippen LogP contribution in [0.2, 0.25) is 0 Å². The maximum Gasteiger partial charge on any atom is 0.225 e. The van der Waals surface area contributed by atoms with E-state index >= 15 is 0 Å². The van der Waals surface area contributed by atoms with Gasteiger partial charge in [-0.25, -0.2) is 0 Å². The van der Waals surface area contributed by atoms with Gasteiger partial charge in [0.25, 0.3) is 0 Å². The average molecular weight is 407 g/mol. The van der Waals surface area contributed by atoms with Gasteiger partial charge < -0.3 is 19.5 Å². The molecule has 30 heavy (non-hydrogen) atoms. The smallest absolute Gasteiger partial charge is 0.225 e. The fourth-order valence-electron chi connectivity index (χ4n) is 4.59. The summed E-state index contributed by atoms with van der Waals surface area (Å²) in [5.41, 5.74) is 3.26. The van der Waals surface area contributed by atoms with Gasteiger partial charge in [-0.3, -0.25) is 9.59 Å². The molecule has 6 heteroatoms. The van der Waals surface area contributed by atoms with Crippen molar-refractivity contribution in [2.75, 3.05) is 21.3 Å². The molecule has 0 fully saturated rings. The van der Waals surface area contributed by atoms with Crippen LogP contribution < -0.4 is 19.5 Å². The van der Waals surface area contributed by atoms with Crippen LogP contribution in [0.5, 0.6) is 17.2 Å². The van der Waals surface area contributed by atoms with Gasteiger partial charge in [0, 0.05) is 35.6 Å². The van der Waals surface area contributed by atoms with Gasteiger partial charge in [-0.2, -0.15) is 0 Å². The summed E-state index contributed by atoms with van der Waals surface area (Å²) < 4.78 is 16.5. The van der Waals surface area contributed by atoms with E-state index in [1.165, 1.54) is 0 Å². The number of hydrogen-bond donors (Lipinski definition) is 1. The highest BCUT2D eigenvalue weighted by Crippen LogP contribution is 2.49. The Morgan fingerprint density at radius 1 is 0.833 bits per heavy atom. The number of amides is 1. The molecule has 2 aliphatic rings. The number of Topliss-reactive ketones (excluding diaryl/α,β-unsaturated/α-hetero) is 1. The maximum absolute atomic E-state index is 13.3. The Balaban J connectivity index is 1.79. The van der Waals surface area contributed by atoms with Crippen molar-refractivity contribution in [1.82, 2.24) is 5.32 Å². The monoisotopic (exact) mass is 407 g/mol. The van der Waals surface area contributed by atoms with Crippen LogP contribution in [0.3, 0.4) is 0 Å². The van der Waals surface area contributed by atoms with E-state index in [9.17, 15) is 9.59 Å². The highest BCUT2D eigenvalue weighted by Gasteiger charge is 2.39. The van der Waals surface area contributed by atoms with Gasteiger partial charge in [-0.15, -0.1) is 0 Å². The highest BCUT2D eigenvalue weighted by molar-refractivity contribution is 6.02. The second-order valence-corrected chi connectivity index (χ2v) is 7.56. The van der Waals surface area contributed by atoms with E-state index in [0.29, 0.717) is 35.7 Å². The molecule has 4 rings (SSSR count). The fraction of sp³-hybridized carbons (Fsp3) is 0.333. The molecule has 0 saturated heterocycles. The van der Waals surface area contributed by atoms with Crippen molar-refractivity contribution in [1.29, 1.82) is 0 Å². The average Bonchev–Trinajstić information content (AvgIpc) is 2.77. The second-order valence-electron chi connectivity index (χ2n) is 7.56. The van der Waals surface area contributed by atoms with Crippen LogP contribution in [-0.4, -0.2) is 33.0 Å². The molecular weight excluding hydrogens is 382 g/mol. The van der Waals surface area contributed by atoms with Crippen LogP contribution >= 0.6 is 0 Å². The lowest BCUT2D eigenvalue weighted by molar-refractivity contribution is -0.122. The number of benzene rings is 2. The van der Waals surface area contributed by atoms with Crippen LogP contribution in [-0.2, 0) is 9.59 Å². The normalized spacial score (nSPS) is 21.0. The number of carbonyl (C=O) groups is 2. The van der Waals surface area contributed by atoms with Gasteiger partial charge >= 0.3 is 0 Å². The van der Waals surface area contributed by atoms with Crippen molar-refractivity contribution in [3.8, 4) is 17.2 Å². The molecule has 0 radical (unpaired) electrons. The molecule has 0 saturated carbocycles. The minimum Gasteiger partial charge on any atom is -0.493 e. The van der Waals surface area contributed by atoms with Gasteiger partial charge in [-0.05, 0) is 24.0 Å². The Bertz CT molecular complexity index is 1010. The van der Waals surface area contributed by atoms with Crippen LogP contribution in [0.25, 0.3) is 0 Å². The molecule has 2 atom stereocenters. The lowest BCUT2D eigenvalue weighted by Crippen LogP contribution is -2.38. The molecule has 1 aliphatic carbocycles. The molecule has 2 aromatic rings. The minimum atomic E-state index is -0.382. The predicted molar refractivity (Wildman–Crippen MR) is 112 cm³/mol. The molecule has 2 aromatic carbocycles. The summed E-state index contributed by atoms with van der Waals surface area (Å²) in [5, 5.41) is 2.96. The quantitative estimate of drug-likeness (QED) is 0.818. The van der Waals surface area contributed by atoms with Crippen molar-refractivity contribution in [2.45, 2.75) is 31.1 Å². The zero-order valence-electron chi connectivity index (χ0n) is 17.4. The van der Waals surface area contributed by atoms with Crippen LogP contribution in [0.15, 0.2) is 53.7 Å². The third kappa shape index (κ3) is 3.43.